The lowest BCUT2D eigenvalue weighted by Gasteiger charge is -2.13. The molecule has 2 radical (unpaired) electrons. The van der Waals surface area contributed by atoms with Gasteiger partial charge < -0.3 is 9.47 Å². The van der Waals surface area contributed by atoms with Crippen molar-refractivity contribution in [3.63, 3.8) is 0 Å². The Hall–Kier alpha value is -1.19. The van der Waals surface area contributed by atoms with Crippen LogP contribution in [0.3, 0.4) is 0 Å². The maximum Gasteiger partial charge on any atom is 0.256 e. The molecule has 0 fully saturated rings. The van der Waals surface area contributed by atoms with Gasteiger partial charge >= 0.3 is 0 Å². The topological polar surface area (TPSA) is 31.4 Å². The van der Waals surface area contributed by atoms with Gasteiger partial charge in [0.1, 0.15) is 7.85 Å². The molecule has 0 aromatic carbocycles. The van der Waals surface area contributed by atoms with Gasteiger partial charge in [-0.3, -0.25) is 0 Å². The third-order valence-electron chi connectivity index (χ3n) is 1.98. The van der Waals surface area contributed by atoms with Gasteiger partial charge in [0.15, 0.2) is 5.75 Å². The normalized spacial score (nSPS) is 10.4. The highest BCUT2D eigenvalue weighted by molar-refractivity contribution is 6.33. The Balaban J connectivity index is 3.23. The monoisotopic (exact) mass is 191 g/mol. The number of hydrogen-bond donors (Lipinski definition) is 0. The second kappa shape index (κ2) is 4.35. The van der Waals surface area contributed by atoms with Crippen LogP contribution in [0.15, 0.2) is 6.07 Å². The molecule has 0 amide bonds. The van der Waals surface area contributed by atoms with E-state index in [0.29, 0.717) is 17.1 Å². The van der Waals surface area contributed by atoms with Crippen LogP contribution in [0.1, 0.15) is 25.5 Å². The molecule has 0 unspecified atom stereocenters. The minimum absolute atomic E-state index is 0.273. The third kappa shape index (κ3) is 2.00. The van der Waals surface area contributed by atoms with E-state index in [1.807, 2.05) is 13.8 Å². The molecular formula is C10H14BNO2. The summed E-state index contributed by atoms with van der Waals surface area (Å²) in [5.74, 6) is 1.31. The number of ether oxygens (including phenoxy) is 2. The van der Waals surface area contributed by atoms with E-state index in [1.54, 1.807) is 20.3 Å². The molecule has 4 heteroatoms. The van der Waals surface area contributed by atoms with Crippen molar-refractivity contribution in [2.24, 2.45) is 0 Å². The smallest absolute Gasteiger partial charge is 0.256 e. The fourth-order valence-electron chi connectivity index (χ4n) is 1.26. The average Bonchev–Trinajstić information content (AvgIpc) is 2.16. The van der Waals surface area contributed by atoms with E-state index >= 15 is 0 Å². The van der Waals surface area contributed by atoms with Crippen LogP contribution in [0.5, 0.6) is 11.6 Å². The minimum atomic E-state index is 0.273. The number of nitrogens with zero attached hydrogens (tertiary/aromatic N) is 1. The van der Waals surface area contributed by atoms with Crippen molar-refractivity contribution >= 4 is 13.3 Å². The van der Waals surface area contributed by atoms with Crippen molar-refractivity contribution in [1.29, 1.82) is 0 Å². The number of methoxy groups -OCH3 is 2. The van der Waals surface area contributed by atoms with Crippen molar-refractivity contribution < 1.29 is 9.47 Å². The predicted molar refractivity (Wildman–Crippen MR) is 56.8 cm³/mol. The van der Waals surface area contributed by atoms with Gasteiger partial charge in [0.25, 0.3) is 5.88 Å². The first-order valence-corrected chi connectivity index (χ1v) is 4.48. The van der Waals surface area contributed by atoms with E-state index in [2.05, 4.69) is 4.98 Å². The summed E-state index contributed by atoms with van der Waals surface area (Å²) in [5.41, 5.74) is 1.47. The molecule has 1 rings (SSSR count). The molecule has 0 atom stereocenters. The number of hydrogen-bond acceptors (Lipinski definition) is 3. The van der Waals surface area contributed by atoms with Gasteiger partial charge in [0, 0.05) is 5.69 Å². The van der Waals surface area contributed by atoms with Crippen LogP contribution in [0.25, 0.3) is 0 Å². The molecule has 0 bridgehead atoms. The molecule has 1 heterocycles. The number of aromatic nitrogens is 1. The van der Waals surface area contributed by atoms with Crippen LogP contribution in [0, 0.1) is 0 Å². The van der Waals surface area contributed by atoms with E-state index in [1.165, 1.54) is 0 Å². The van der Waals surface area contributed by atoms with Crippen molar-refractivity contribution in [2.75, 3.05) is 14.2 Å². The summed E-state index contributed by atoms with van der Waals surface area (Å²) in [6.07, 6.45) is 0. The molecule has 0 aliphatic rings. The van der Waals surface area contributed by atoms with Crippen LogP contribution >= 0.6 is 0 Å². The molecule has 74 valence electrons. The summed E-state index contributed by atoms with van der Waals surface area (Å²) in [4.78, 5) is 4.29. The van der Waals surface area contributed by atoms with E-state index in [9.17, 15) is 0 Å². The second-order valence-electron chi connectivity index (χ2n) is 3.33. The van der Waals surface area contributed by atoms with Crippen LogP contribution in [0.4, 0.5) is 0 Å². The summed E-state index contributed by atoms with van der Waals surface area (Å²) < 4.78 is 10.2. The van der Waals surface area contributed by atoms with Crippen LogP contribution in [0.2, 0.25) is 0 Å². The van der Waals surface area contributed by atoms with Gasteiger partial charge in [-0.15, -0.1) is 0 Å². The Bertz CT molecular complexity index is 326. The molecule has 1 aromatic rings. The van der Waals surface area contributed by atoms with Gasteiger partial charge in [0.2, 0.25) is 0 Å². The first-order valence-electron chi connectivity index (χ1n) is 4.48. The number of pyridine rings is 1. The SMILES string of the molecule is [B]c1cc(OC)c(OC)nc1C(C)C. The van der Waals surface area contributed by atoms with Crippen LogP contribution in [-0.2, 0) is 0 Å². The summed E-state index contributed by atoms with van der Waals surface area (Å²) in [6, 6.07) is 1.74. The summed E-state index contributed by atoms with van der Waals surface area (Å²) in [7, 11) is 8.95. The Kier molecular flexibility index (Phi) is 3.39. The highest BCUT2D eigenvalue weighted by Crippen LogP contribution is 2.24. The highest BCUT2D eigenvalue weighted by atomic mass is 16.5. The van der Waals surface area contributed by atoms with Crippen molar-refractivity contribution in [3.8, 4) is 11.6 Å². The van der Waals surface area contributed by atoms with Gasteiger partial charge in [-0.05, 0) is 12.0 Å². The zero-order chi connectivity index (χ0) is 10.7. The largest absolute Gasteiger partial charge is 0.491 e. The Morgan fingerprint density at radius 1 is 1.29 bits per heavy atom. The average molecular weight is 191 g/mol. The molecule has 14 heavy (non-hydrogen) atoms. The van der Waals surface area contributed by atoms with Gasteiger partial charge in [-0.25, -0.2) is 4.98 Å². The van der Waals surface area contributed by atoms with E-state index in [0.717, 1.165) is 5.69 Å². The quantitative estimate of drug-likeness (QED) is 0.668. The molecule has 3 nitrogen and oxygen atoms in total. The second-order valence-corrected chi connectivity index (χ2v) is 3.33. The molecule has 0 aliphatic carbocycles. The van der Waals surface area contributed by atoms with E-state index < -0.39 is 0 Å². The summed E-state index contributed by atoms with van der Waals surface area (Å²) >= 11 is 0. The zero-order valence-electron chi connectivity index (χ0n) is 9.00. The number of rotatable bonds is 3. The maximum absolute atomic E-state index is 5.82. The maximum atomic E-state index is 5.82. The lowest BCUT2D eigenvalue weighted by molar-refractivity contribution is 0.342. The van der Waals surface area contributed by atoms with Crippen molar-refractivity contribution in [3.05, 3.63) is 11.8 Å². The molecule has 0 N–H and O–H groups in total. The third-order valence-corrected chi connectivity index (χ3v) is 1.98. The molecule has 0 spiro atoms. The standard InChI is InChI=1S/C10H14BNO2/c1-6(2)9-7(11)5-8(13-3)10(12-9)14-4/h5-6H,1-4H3. The Morgan fingerprint density at radius 2 is 1.93 bits per heavy atom. The molecular weight excluding hydrogens is 177 g/mol. The lowest BCUT2D eigenvalue weighted by atomic mass is 9.89. The first kappa shape index (κ1) is 10.9. The van der Waals surface area contributed by atoms with Gasteiger partial charge in [0.05, 0.1) is 14.2 Å². The molecule has 0 saturated heterocycles. The summed E-state index contributed by atoms with van der Waals surface area (Å²) in [6.45, 7) is 4.06. The molecule has 1 aromatic heterocycles. The van der Waals surface area contributed by atoms with E-state index in [4.69, 9.17) is 17.3 Å². The van der Waals surface area contributed by atoms with Crippen LogP contribution in [-0.4, -0.2) is 27.0 Å². The fourth-order valence-corrected chi connectivity index (χ4v) is 1.26. The predicted octanol–water partition coefficient (Wildman–Crippen LogP) is 1.02. The van der Waals surface area contributed by atoms with Gasteiger partial charge in [-0.1, -0.05) is 19.3 Å². The highest BCUT2D eigenvalue weighted by Gasteiger charge is 2.11. The Labute approximate surface area is 85.9 Å². The van der Waals surface area contributed by atoms with Crippen molar-refractivity contribution in [2.45, 2.75) is 19.8 Å². The zero-order valence-corrected chi connectivity index (χ0v) is 9.00. The van der Waals surface area contributed by atoms with Crippen LogP contribution < -0.4 is 14.9 Å². The molecule has 0 aliphatic heterocycles. The first-order chi connectivity index (χ1) is 6.60. The minimum Gasteiger partial charge on any atom is -0.491 e. The lowest BCUT2D eigenvalue weighted by Crippen LogP contribution is -2.15. The fraction of sp³-hybridized carbons (Fsp3) is 0.500. The van der Waals surface area contributed by atoms with E-state index in [-0.39, 0.29) is 5.92 Å². The summed E-state index contributed by atoms with van der Waals surface area (Å²) in [5, 5.41) is 0. The van der Waals surface area contributed by atoms with Crippen molar-refractivity contribution in [1.82, 2.24) is 4.98 Å². The Morgan fingerprint density at radius 3 is 2.36 bits per heavy atom. The van der Waals surface area contributed by atoms with Gasteiger partial charge in [-0.2, -0.15) is 0 Å². The molecule has 0 saturated carbocycles.